The van der Waals surface area contributed by atoms with Gasteiger partial charge >= 0.3 is 0 Å². The summed E-state index contributed by atoms with van der Waals surface area (Å²) in [5, 5.41) is 9.42. The van der Waals surface area contributed by atoms with Gasteiger partial charge in [0.1, 0.15) is 22.9 Å². The van der Waals surface area contributed by atoms with E-state index in [9.17, 15) is 4.79 Å². The van der Waals surface area contributed by atoms with Crippen LogP contribution < -0.4 is 14.8 Å². The van der Waals surface area contributed by atoms with Gasteiger partial charge in [0.15, 0.2) is 5.65 Å². The largest absolute Gasteiger partial charge is 0.494 e. The van der Waals surface area contributed by atoms with Crippen LogP contribution in [0.1, 0.15) is 13.8 Å². The third-order valence-electron chi connectivity index (χ3n) is 4.58. The third-order valence-corrected chi connectivity index (χ3v) is 5.83. The molecule has 0 saturated heterocycles. The molecule has 0 atom stereocenters. The molecule has 170 valence electrons. The zero-order valence-electron chi connectivity index (χ0n) is 18.1. The number of benzene rings is 2. The summed E-state index contributed by atoms with van der Waals surface area (Å²) in [4.78, 5) is 21.4. The highest BCUT2D eigenvalue weighted by atomic mass is 35.5. The normalized spacial score (nSPS) is 10.9. The molecule has 4 rings (SSSR count). The zero-order chi connectivity index (χ0) is 23.2. The Morgan fingerprint density at radius 1 is 1.09 bits per heavy atom. The van der Waals surface area contributed by atoms with Gasteiger partial charge in [0.2, 0.25) is 5.91 Å². The van der Waals surface area contributed by atoms with Crippen molar-refractivity contribution in [3.63, 3.8) is 0 Å². The van der Waals surface area contributed by atoms with E-state index in [-0.39, 0.29) is 11.7 Å². The molecule has 0 unspecified atom stereocenters. The molecule has 0 radical (unpaired) electrons. The lowest BCUT2D eigenvalue weighted by Gasteiger charge is -2.13. The highest BCUT2D eigenvalue weighted by molar-refractivity contribution is 8.00. The fraction of sp³-hybridized carbons (Fsp3) is 0.217. The third kappa shape index (κ3) is 5.37. The van der Waals surface area contributed by atoms with Gasteiger partial charge in [-0.2, -0.15) is 5.10 Å². The second kappa shape index (κ2) is 10.5. The number of carbonyl (C=O) groups excluding carboxylic acids is 1. The zero-order valence-corrected chi connectivity index (χ0v) is 19.7. The topological polar surface area (TPSA) is 91.2 Å². The van der Waals surface area contributed by atoms with Crippen LogP contribution in [0.5, 0.6) is 11.5 Å². The molecule has 2 aromatic heterocycles. The maximum atomic E-state index is 12.7. The number of amides is 1. The summed E-state index contributed by atoms with van der Waals surface area (Å²) in [6.45, 7) is 4.82. The molecular formula is C23H22ClN5O3S. The van der Waals surface area contributed by atoms with Gasteiger partial charge in [-0.1, -0.05) is 23.4 Å². The highest BCUT2D eigenvalue weighted by Crippen LogP contribution is 2.31. The summed E-state index contributed by atoms with van der Waals surface area (Å²) in [5.41, 5.74) is 2.05. The predicted octanol–water partition coefficient (Wildman–Crippen LogP) is 5.00. The number of hydrogen-bond donors (Lipinski definition) is 1. The molecule has 0 aliphatic carbocycles. The minimum atomic E-state index is -0.188. The van der Waals surface area contributed by atoms with Crippen LogP contribution in [-0.2, 0) is 4.79 Å². The lowest BCUT2D eigenvalue weighted by Crippen LogP contribution is -2.15. The van der Waals surface area contributed by atoms with Crippen molar-refractivity contribution in [3.05, 3.63) is 60.0 Å². The number of thioether (sulfide) groups is 1. The van der Waals surface area contributed by atoms with Crippen molar-refractivity contribution >= 4 is 46.0 Å². The monoisotopic (exact) mass is 483 g/mol. The van der Waals surface area contributed by atoms with Crippen LogP contribution in [0, 0.1) is 0 Å². The van der Waals surface area contributed by atoms with E-state index in [2.05, 4.69) is 20.4 Å². The smallest absolute Gasteiger partial charge is 0.234 e. The van der Waals surface area contributed by atoms with E-state index in [0.29, 0.717) is 46.1 Å². The molecule has 10 heteroatoms. The van der Waals surface area contributed by atoms with E-state index < -0.39 is 0 Å². The first-order valence-corrected chi connectivity index (χ1v) is 11.7. The number of halogens is 1. The van der Waals surface area contributed by atoms with Crippen molar-refractivity contribution in [2.24, 2.45) is 0 Å². The number of hydrogen-bond acceptors (Lipinski definition) is 7. The van der Waals surface area contributed by atoms with E-state index in [1.807, 2.05) is 32.0 Å². The number of carbonyl (C=O) groups is 1. The molecule has 33 heavy (non-hydrogen) atoms. The van der Waals surface area contributed by atoms with Crippen molar-refractivity contribution in [2.75, 3.05) is 24.3 Å². The van der Waals surface area contributed by atoms with Gasteiger partial charge < -0.3 is 14.8 Å². The van der Waals surface area contributed by atoms with Gasteiger partial charge in [-0.15, -0.1) is 0 Å². The minimum absolute atomic E-state index is 0.155. The van der Waals surface area contributed by atoms with Gasteiger partial charge in [0.25, 0.3) is 0 Å². The van der Waals surface area contributed by atoms with Crippen molar-refractivity contribution in [1.29, 1.82) is 0 Å². The molecule has 1 N–H and O–H groups in total. The van der Waals surface area contributed by atoms with Crippen LogP contribution in [0.4, 0.5) is 5.69 Å². The summed E-state index contributed by atoms with van der Waals surface area (Å²) in [6.07, 6.45) is 3.17. The molecule has 1 amide bonds. The summed E-state index contributed by atoms with van der Waals surface area (Å²) in [5.74, 6) is 1.22. The minimum Gasteiger partial charge on any atom is -0.494 e. The Morgan fingerprint density at radius 3 is 2.64 bits per heavy atom. The lowest BCUT2D eigenvalue weighted by molar-refractivity contribution is -0.113. The van der Waals surface area contributed by atoms with Crippen molar-refractivity contribution in [2.45, 2.75) is 18.9 Å². The maximum absolute atomic E-state index is 12.7. The average Bonchev–Trinajstić information content (AvgIpc) is 3.25. The van der Waals surface area contributed by atoms with E-state index in [0.717, 1.165) is 11.1 Å². The molecule has 2 aromatic carbocycles. The number of fused-ring (bicyclic) bond motifs is 1. The molecule has 0 spiro atoms. The first-order valence-electron chi connectivity index (χ1n) is 10.4. The standard InChI is InChI=1S/C23H22ClN5O3S/c1-3-31-17-9-10-20(32-4-2)19(11-17)28-21(30)13-33-23-18-12-27-29(22(18)25-14-26-23)16-7-5-15(24)6-8-16/h5-12,14H,3-4,13H2,1-2H3,(H,28,30). The molecule has 0 aliphatic heterocycles. The van der Waals surface area contributed by atoms with Crippen LogP contribution in [0.3, 0.4) is 0 Å². The summed E-state index contributed by atoms with van der Waals surface area (Å²) >= 11 is 7.30. The second-order valence-corrected chi connectivity index (χ2v) is 8.21. The van der Waals surface area contributed by atoms with Gasteiger partial charge in [0.05, 0.1) is 41.9 Å². The Bertz CT molecular complexity index is 1260. The van der Waals surface area contributed by atoms with E-state index in [4.69, 9.17) is 21.1 Å². The van der Waals surface area contributed by atoms with Gasteiger partial charge in [-0.25, -0.2) is 14.6 Å². The van der Waals surface area contributed by atoms with E-state index >= 15 is 0 Å². The van der Waals surface area contributed by atoms with Crippen molar-refractivity contribution < 1.29 is 14.3 Å². The molecule has 0 bridgehead atoms. The number of nitrogens with zero attached hydrogens (tertiary/aromatic N) is 4. The Balaban J connectivity index is 1.49. The molecule has 0 aliphatic rings. The van der Waals surface area contributed by atoms with Crippen molar-refractivity contribution in [3.8, 4) is 17.2 Å². The molecule has 2 heterocycles. The average molecular weight is 484 g/mol. The second-order valence-electron chi connectivity index (χ2n) is 6.81. The lowest BCUT2D eigenvalue weighted by atomic mass is 10.2. The molecular weight excluding hydrogens is 462 g/mol. The van der Waals surface area contributed by atoms with Crippen molar-refractivity contribution in [1.82, 2.24) is 19.7 Å². The Morgan fingerprint density at radius 2 is 1.88 bits per heavy atom. The highest BCUT2D eigenvalue weighted by Gasteiger charge is 2.15. The van der Waals surface area contributed by atoms with E-state index in [1.165, 1.54) is 18.1 Å². The summed E-state index contributed by atoms with van der Waals surface area (Å²) < 4.78 is 12.9. The van der Waals surface area contributed by atoms with Gasteiger partial charge in [-0.3, -0.25) is 4.79 Å². The molecule has 0 saturated carbocycles. The number of rotatable bonds is 9. The maximum Gasteiger partial charge on any atom is 0.234 e. The fourth-order valence-electron chi connectivity index (χ4n) is 3.17. The van der Waals surface area contributed by atoms with Crippen LogP contribution in [0.2, 0.25) is 5.02 Å². The SMILES string of the molecule is CCOc1ccc(OCC)c(NC(=O)CSc2ncnc3c2cnn3-c2ccc(Cl)cc2)c1. The number of aromatic nitrogens is 4. The Labute approximate surface area is 200 Å². The summed E-state index contributed by atoms with van der Waals surface area (Å²) in [7, 11) is 0. The van der Waals surface area contributed by atoms with Crippen LogP contribution in [0.25, 0.3) is 16.7 Å². The van der Waals surface area contributed by atoms with E-state index in [1.54, 1.807) is 35.1 Å². The number of nitrogens with one attached hydrogen (secondary N) is 1. The molecule has 8 nitrogen and oxygen atoms in total. The van der Waals surface area contributed by atoms with Crippen LogP contribution in [0.15, 0.2) is 60.0 Å². The van der Waals surface area contributed by atoms with Crippen LogP contribution in [-0.4, -0.2) is 44.6 Å². The van der Waals surface area contributed by atoms with Crippen LogP contribution >= 0.6 is 23.4 Å². The first-order chi connectivity index (χ1) is 16.1. The van der Waals surface area contributed by atoms with Gasteiger partial charge in [-0.05, 0) is 50.2 Å². The predicted molar refractivity (Wildman–Crippen MR) is 130 cm³/mol. The Hall–Kier alpha value is -3.30. The first kappa shape index (κ1) is 22.9. The summed E-state index contributed by atoms with van der Waals surface area (Å²) in [6, 6.07) is 12.7. The fourth-order valence-corrected chi connectivity index (χ4v) is 4.06. The molecule has 4 aromatic rings. The quantitative estimate of drug-likeness (QED) is 0.264. The Kier molecular flexibility index (Phi) is 7.31. The molecule has 0 fully saturated rings. The number of ether oxygens (including phenoxy) is 2. The van der Waals surface area contributed by atoms with Gasteiger partial charge in [0, 0.05) is 11.1 Å². The number of anilines is 1.